The summed E-state index contributed by atoms with van der Waals surface area (Å²) in [6.45, 7) is 2.51. The molecule has 0 aliphatic carbocycles. The number of nitrogens with two attached hydrogens (primary N) is 1. The molecule has 1 aromatic carbocycles. The van der Waals surface area contributed by atoms with Crippen molar-refractivity contribution in [1.82, 2.24) is 10.6 Å². The van der Waals surface area contributed by atoms with Gasteiger partial charge in [0.2, 0.25) is 5.91 Å². The highest BCUT2D eigenvalue weighted by atomic mass is 16.5. The van der Waals surface area contributed by atoms with E-state index in [1.807, 2.05) is 24.3 Å². The van der Waals surface area contributed by atoms with Crippen LogP contribution in [-0.4, -0.2) is 37.7 Å². The second-order valence-corrected chi connectivity index (χ2v) is 6.33. The summed E-state index contributed by atoms with van der Waals surface area (Å²) in [5.74, 6) is 9.31. The van der Waals surface area contributed by atoms with Crippen LogP contribution < -0.4 is 21.1 Å². The highest BCUT2D eigenvalue weighted by molar-refractivity contribution is 5.81. The third-order valence-electron chi connectivity index (χ3n) is 4.07. The molecule has 4 N–H and O–H groups in total. The van der Waals surface area contributed by atoms with E-state index in [0.717, 1.165) is 43.7 Å². The number of rotatable bonds is 7. The number of nitrogens with one attached hydrogen (secondary N) is 2. The molecule has 1 aromatic rings. The average molecular weight is 353 g/mol. The number of carbonyl (C=O) groups is 1. The van der Waals surface area contributed by atoms with E-state index < -0.39 is 6.04 Å². The molecule has 5 heteroatoms. The second kappa shape index (κ2) is 11.2. The monoisotopic (exact) mass is 353 g/mol. The van der Waals surface area contributed by atoms with Crippen LogP contribution in [0.4, 0.5) is 0 Å². The Labute approximate surface area is 156 Å². The molecule has 138 valence electrons. The maximum Gasteiger partial charge on any atom is 0.237 e. The van der Waals surface area contributed by atoms with Crippen molar-refractivity contribution >= 4 is 5.91 Å². The Hall–Kier alpha value is -2.47. The van der Waals surface area contributed by atoms with E-state index in [0.29, 0.717) is 13.0 Å². The van der Waals surface area contributed by atoms with Crippen LogP contribution in [0.5, 0.6) is 5.75 Å². The van der Waals surface area contributed by atoms with Gasteiger partial charge in [0.25, 0.3) is 0 Å². The van der Waals surface area contributed by atoms with Gasteiger partial charge in [-0.05, 0) is 44.0 Å². The van der Waals surface area contributed by atoms with Gasteiger partial charge in [-0.15, -0.1) is 12.3 Å². The van der Waals surface area contributed by atoms with Crippen molar-refractivity contribution < 1.29 is 9.53 Å². The molecule has 2 rings (SSSR count). The van der Waals surface area contributed by atoms with Crippen LogP contribution in [0.25, 0.3) is 0 Å². The predicted molar refractivity (Wildman–Crippen MR) is 104 cm³/mol. The molecule has 1 heterocycles. The number of amides is 1. The number of ether oxygens (including phenoxy) is 1. The maximum atomic E-state index is 11.6. The Morgan fingerprint density at radius 3 is 3.15 bits per heavy atom. The summed E-state index contributed by atoms with van der Waals surface area (Å²) in [7, 11) is 0. The molecule has 0 spiro atoms. The Morgan fingerprint density at radius 1 is 1.50 bits per heavy atom. The molecule has 0 aromatic heterocycles. The van der Waals surface area contributed by atoms with Gasteiger partial charge in [0.15, 0.2) is 0 Å². The van der Waals surface area contributed by atoms with Gasteiger partial charge in [-0.3, -0.25) is 4.79 Å². The minimum atomic E-state index is -0.631. The van der Waals surface area contributed by atoms with Gasteiger partial charge in [0, 0.05) is 31.5 Å². The summed E-state index contributed by atoms with van der Waals surface area (Å²) < 4.78 is 6.01. The number of hydrogen-bond acceptors (Lipinski definition) is 4. The molecule has 0 radical (unpaired) electrons. The van der Waals surface area contributed by atoms with Gasteiger partial charge in [0.1, 0.15) is 11.9 Å². The lowest BCUT2D eigenvalue weighted by Gasteiger charge is -2.23. The largest absolute Gasteiger partial charge is 0.489 e. The lowest BCUT2D eigenvalue weighted by molar-refractivity contribution is -0.122. The third-order valence-corrected chi connectivity index (χ3v) is 4.07. The first-order valence-corrected chi connectivity index (χ1v) is 9.12. The number of carbonyl (C=O) groups excluding carboxylic acids is 1. The zero-order chi connectivity index (χ0) is 18.6. The third kappa shape index (κ3) is 7.19. The van der Waals surface area contributed by atoms with Gasteiger partial charge >= 0.3 is 0 Å². The van der Waals surface area contributed by atoms with Crippen LogP contribution in [0.1, 0.15) is 37.7 Å². The van der Waals surface area contributed by atoms with Crippen LogP contribution >= 0.6 is 0 Å². The lowest BCUT2D eigenvalue weighted by Crippen LogP contribution is -2.40. The highest BCUT2D eigenvalue weighted by Crippen LogP contribution is 2.17. The van der Waals surface area contributed by atoms with E-state index in [2.05, 4.69) is 28.4 Å². The summed E-state index contributed by atoms with van der Waals surface area (Å²) >= 11 is 0. The first-order chi connectivity index (χ1) is 12.7. The zero-order valence-corrected chi connectivity index (χ0v) is 15.1. The van der Waals surface area contributed by atoms with Crippen LogP contribution in [-0.2, 0) is 4.79 Å². The fraction of sp³-hybridized carbons (Fsp3) is 0.476. The first kappa shape index (κ1) is 19.8. The predicted octanol–water partition coefficient (Wildman–Crippen LogP) is 1.42. The standard InChI is InChI=1S/C21H27N3O2/c1-2-8-20(22)21(25)24-14-5-3-4-9-17-10-6-11-18(15-17)26-19-12-7-13-23-16-19/h1,6,10-11,15,19-20,23H,3,5,7-8,12-14,16,22H2,(H,24,25). The van der Waals surface area contributed by atoms with Crippen LogP contribution in [0.2, 0.25) is 0 Å². The Bertz CT molecular complexity index is 678. The molecular weight excluding hydrogens is 326 g/mol. The van der Waals surface area contributed by atoms with Gasteiger partial charge in [-0.25, -0.2) is 0 Å². The van der Waals surface area contributed by atoms with Crippen molar-refractivity contribution in [3.8, 4) is 29.9 Å². The summed E-state index contributed by atoms with van der Waals surface area (Å²) in [6.07, 6.45) is 9.32. The van der Waals surface area contributed by atoms with Gasteiger partial charge in [-0.2, -0.15) is 0 Å². The summed E-state index contributed by atoms with van der Waals surface area (Å²) in [5, 5.41) is 6.11. The van der Waals surface area contributed by atoms with Crippen LogP contribution in [0.15, 0.2) is 24.3 Å². The topological polar surface area (TPSA) is 76.4 Å². The average Bonchev–Trinajstić information content (AvgIpc) is 2.65. The molecule has 1 fully saturated rings. The van der Waals surface area contributed by atoms with E-state index in [1.54, 1.807) is 0 Å². The first-order valence-electron chi connectivity index (χ1n) is 9.12. The molecule has 2 unspecified atom stereocenters. The molecule has 0 bridgehead atoms. The highest BCUT2D eigenvalue weighted by Gasteiger charge is 2.14. The quantitative estimate of drug-likeness (QED) is 0.512. The number of benzene rings is 1. The van der Waals surface area contributed by atoms with Crippen molar-refractivity contribution in [3.05, 3.63) is 29.8 Å². The molecule has 0 saturated carbocycles. The minimum absolute atomic E-state index is 0.210. The molecule has 2 atom stereocenters. The number of terminal acetylenes is 1. The van der Waals surface area contributed by atoms with Crippen molar-refractivity contribution in [2.24, 2.45) is 5.73 Å². The SMILES string of the molecule is C#CCC(N)C(=O)NCCCC#Cc1cccc(OC2CCCNC2)c1. The van der Waals surface area contributed by atoms with E-state index in [4.69, 9.17) is 16.9 Å². The maximum absolute atomic E-state index is 11.6. The van der Waals surface area contributed by atoms with Crippen LogP contribution in [0, 0.1) is 24.2 Å². The molecule has 1 aliphatic rings. The molecular formula is C21H27N3O2. The molecule has 1 aliphatic heterocycles. The zero-order valence-electron chi connectivity index (χ0n) is 15.1. The summed E-state index contributed by atoms with van der Waals surface area (Å²) in [4.78, 5) is 11.6. The van der Waals surface area contributed by atoms with E-state index in [-0.39, 0.29) is 18.4 Å². The number of hydrogen-bond donors (Lipinski definition) is 3. The van der Waals surface area contributed by atoms with E-state index in [9.17, 15) is 4.79 Å². The smallest absolute Gasteiger partial charge is 0.237 e. The fourth-order valence-electron chi connectivity index (χ4n) is 2.66. The Kier molecular flexibility index (Phi) is 8.55. The van der Waals surface area contributed by atoms with Crippen LogP contribution in [0.3, 0.4) is 0 Å². The van der Waals surface area contributed by atoms with E-state index >= 15 is 0 Å². The van der Waals surface area contributed by atoms with Gasteiger partial charge < -0.3 is 21.1 Å². The minimum Gasteiger partial charge on any atom is -0.489 e. The Balaban J connectivity index is 1.71. The van der Waals surface area contributed by atoms with Crippen molar-refractivity contribution in [3.63, 3.8) is 0 Å². The summed E-state index contributed by atoms with van der Waals surface area (Å²) in [6, 6.07) is 7.24. The molecule has 1 saturated heterocycles. The Morgan fingerprint density at radius 2 is 2.38 bits per heavy atom. The number of unbranched alkanes of at least 4 members (excludes halogenated alkanes) is 1. The van der Waals surface area contributed by atoms with Crippen molar-refractivity contribution in [1.29, 1.82) is 0 Å². The molecule has 5 nitrogen and oxygen atoms in total. The van der Waals surface area contributed by atoms with Gasteiger partial charge in [-0.1, -0.05) is 17.9 Å². The summed E-state index contributed by atoms with van der Waals surface area (Å²) in [5.41, 5.74) is 6.56. The lowest BCUT2D eigenvalue weighted by atomic mass is 10.1. The fourth-order valence-corrected chi connectivity index (χ4v) is 2.66. The normalized spacial score (nSPS) is 17.3. The van der Waals surface area contributed by atoms with Crippen molar-refractivity contribution in [2.45, 2.75) is 44.2 Å². The number of piperidine rings is 1. The molecule has 26 heavy (non-hydrogen) atoms. The van der Waals surface area contributed by atoms with E-state index in [1.165, 1.54) is 0 Å². The second-order valence-electron chi connectivity index (χ2n) is 6.33. The van der Waals surface area contributed by atoms with Crippen molar-refractivity contribution in [2.75, 3.05) is 19.6 Å². The molecule has 1 amide bonds. The van der Waals surface area contributed by atoms with Gasteiger partial charge in [0.05, 0.1) is 6.04 Å².